The summed E-state index contributed by atoms with van der Waals surface area (Å²) in [5.74, 6) is 0.349. The molecule has 0 spiro atoms. The summed E-state index contributed by atoms with van der Waals surface area (Å²) in [5, 5.41) is 14.0. The Bertz CT molecular complexity index is 1060. The average molecular weight is 328 g/mol. The number of nitrogens with one attached hydrogen (secondary N) is 3. The molecule has 10 nitrogen and oxygen atoms in total. The minimum absolute atomic E-state index is 0.129. The molecule has 3 N–H and O–H groups in total. The van der Waals surface area contributed by atoms with E-state index in [2.05, 4.69) is 25.3 Å². The Hall–Kier alpha value is -3.56. The lowest BCUT2D eigenvalue weighted by atomic mass is 10.1. The van der Waals surface area contributed by atoms with Gasteiger partial charge in [0.15, 0.2) is 0 Å². The average Bonchev–Trinajstić information content (AvgIpc) is 2.53. The number of nitro groups is 1. The van der Waals surface area contributed by atoms with Crippen molar-refractivity contribution in [1.82, 2.24) is 19.9 Å². The van der Waals surface area contributed by atoms with Gasteiger partial charge >= 0.3 is 11.1 Å². The summed E-state index contributed by atoms with van der Waals surface area (Å²) < 4.78 is 0. The second-order valence-electron chi connectivity index (χ2n) is 5.07. The van der Waals surface area contributed by atoms with Gasteiger partial charge < -0.3 is 15.3 Å². The lowest BCUT2D eigenvalue weighted by Gasteiger charge is -2.08. The highest BCUT2D eigenvalue weighted by molar-refractivity contribution is 5.80. The summed E-state index contributed by atoms with van der Waals surface area (Å²) in [5.41, 5.74) is -0.228. The van der Waals surface area contributed by atoms with Crippen molar-refractivity contribution >= 4 is 22.7 Å². The SMILES string of the molecule is Cc1ccnc(NCc2cc([N+](=O)[O-])cc3[nH]c(=O)c(=O)[nH]c23)n1. The second kappa shape index (κ2) is 5.91. The van der Waals surface area contributed by atoms with E-state index in [4.69, 9.17) is 0 Å². The number of aromatic nitrogens is 4. The van der Waals surface area contributed by atoms with E-state index in [1.54, 1.807) is 19.2 Å². The van der Waals surface area contributed by atoms with Crippen LogP contribution in [0.25, 0.3) is 11.0 Å². The zero-order valence-electron chi connectivity index (χ0n) is 12.5. The number of aryl methyl sites for hydroxylation is 1. The zero-order valence-corrected chi connectivity index (χ0v) is 12.5. The van der Waals surface area contributed by atoms with E-state index in [1.807, 2.05) is 0 Å². The molecule has 1 aromatic carbocycles. The van der Waals surface area contributed by atoms with Gasteiger partial charge in [0.05, 0.1) is 16.0 Å². The van der Waals surface area contributed by atoms with Crippen LogP contribution in [0.4, 0.5) is 11.6 Å². The Morgan fingerprint density at radius 1 is 1.25 bits per heavy atom. The quantitative estimate of drug-likeness (QED) is 0.365. The van der Waals surface area contributed by atoms with E-state index in [-0.39, 0.29) is 17.7 Å². The van der Waals surface area contributed by atoms with Crippen molar-refractivity contribution in [2.24, 2.45) is 0 Å². The highest BCUT2D eigenvalue weighted by Gasteiger charge is 2.14. The number of hydrogen-bond acceptors (Lipinski definition) is 7. The summed E-state index contributed by atoms with van der Waals surface area (Å²) in [6.45, 7) is 1.93. The van der Waals surface area contributed by atoms with Crippen LogP contribution in [0.3, 0.4) is 0 Å². The van der Waals surface area contributed by atoms with Gasteiger partial charge in [-0.05, 0) is 13.0 Å². The van der Waals surface area contributed by atoms with Crippen molar-refractivity contribution in [3.63, 3.8) is 0 Å². The minimum Gasteiger partial charge on any atom is -0.350 e. The predicted octanol–water partition coefficient (Wildman–Crippen LogP) is 0.835. The summed E-state index contributed by atoms with van der Waals surface area (Å²) >= 11 is 0. The van der Waals surface area contributed by atoms with E-state index in [1.165, 1.54) is 12.1 Å². The fraction of sp³-hybridized carbons (Fsp3) is 0.143. The monoisotopic (exact) mass is 328 g/mol. The fourth-order valence-corrected chi connectivity index (χ4v) is 2.23. The smallest absolute Gasteiger partial charge is 0.314 e. The molecule has 0 aliphatic carbocycles. The summed E-state index contributed by atoms with van der Waals surface area (Å²) in [6, 6.07) is 4.24. The van der Waals surface area contributed by atoms with Gasteiger partial charge in [-0.15, -0.1) is 0 Å². The molecular weight excluding hydrogens is 316 g/mol. The maximum atomic E-state index is 11.5. The molecule has 0 saturated heterocycles. The third kappa shape index (κ3) is 2.97. The number of benzene rings is 1. The largest absolute Gasteiger partial charge is 0.350 e. The number of nitrogens with zero attached hydrogens (tertiary/aromatic N) is 3. The van der Waals surface area contributed by atoms with Crippen molar-refractivity contribution in [3.05, 3.63) is 66.5 Å². The molecule has 0 aliphatic rings. The first-order valence-corrected chi connectivity index (χ1v) is 6.91. The van der Waals surface area contributed by atoms with Crippen LogP contribution < -0.4 is 16.4 Å². The molecule has 0 saturated carbocycles. The van der Waals surface area contributed by atoms with Crippen LogP contribution in [-0.4, -0.2) is 24.9 Å². The van der Waals surface area contributed by atoms with Gasteiger partial charge in [0.1, 0.15) is 0 Å². The lowest BCUT2D eigenvalue weighted by molar-refractivity contribution is -0.384. The van der Waals surface area contributed by atoms with Crippen LogP contribution in [0.15, 0.2) is 34.0 Å². The van der Waals surface area contributed by atoms with E-state index in [0.29, 0.717) is 17.0 Å². The molecule has 24 heavy (non-hydrogen) atoms. The summed E-state index contributed by atoms with van der Waals surface area (Å²) in [4.78, 5) is 46.5. The Morgan fingerprint density at radius 2 is 2.00 bits per heavy atom. The number of rotatable bonds is 4. The van der Waals surface area contributed by atoms with Crippen molar-refractivity contribution in [3.8, 4) is 0 Å². The molecule has 0 aliphatic heterocycles. The van der Waals surface area contributed by atoms with Gasteiger partial charge in [0.2, 0.25) is 5.95 Å². The van der Waals surface area contributed by atoms with Gasteiger partial charge in [-0.3, -0.25) is 19.7 Å². The van der Waals surface area contributed by atoms with Crippen molar-refractivity contribution < 1.29 is 4.92 Å². The molecule has 10 heteroatoms. The van der Waals surface area contributed by atoms with Crippen molar-refractivity contribution in [1.29, 1.82) is 0 Å². The van der Waals surface area contributed by atoms with E-state index in [9.17, 15) is 19.7 Å². The maximum Gasteiger partial charge on any atom is 0.314 e. The van der Waals surface area contributed by atoms with Gasteiger partial charge in [0.25, 0.3) is 5.69 Å². The number of hydrogen-bond donors (Lipinski definition) is 3. The number of anilines is 1. The van der Waals surface area contributed by atoms with Crippen LogP contribution in [0.5, 0.6) is 0 Å². The molecule has 3 aromatic rings. The first kappa shape index (κ1) is 15.3. The van der Waals surface area contributed by atoms with Gasteiger partial charge in [-0.25, -0.2) is 9.97 Å². The molecule has 0 fully saturated rings. The van der Waals surface area contributed by atoms with E-state index in [0.717, 1.165) is 5.69 Å². The Labute approximate surface area is 133 Å². The number of fused-ring (bicyclic) bond motifs is 1. The molecule has 2 heterocycles. The van der Waals surface area contributed by atoms with Crippen LogP contribution in [0.1, 0.15) is 11.3 Å². The van der Waals surface area contributed by atoms with Crippen LogP contribution in [0.2, 0.25) is 0 Å². The number of H-pyrrole nitrogens is 2. The number of non-ortho nitro benzene ring substituents is 1. The van der Waals surface area contributed by atoms with Gasteiger partial charge in [-0.2, -0.15) is 0 Å². The van der Waals surface area contributed by atoms with Crippen molar-refractivity contribution in [2.75, 3.05) is 5.32 Å². The minimum atomic E-state index is -0.871. The standard InChI is InChI=1S/C14H12N6O4/c1-7-2-3-15-14(17-7)16-6-8-4-9(20(23)24)5-10-11(8)19-13(22)12(21)18-10/h2-5H,6H2,1H3,(H,18,21)(H,19,22)(H,15,16,17). The molecule has 0 unspecified atom stereocenters. The van der Waals surface area contributed by atoms with Gasteiger partial charge in [-0.1, -0.05) is 0 Å². The molecule has 3 rings (SSSR count). The van der Waals surface area contributed by atoms with Crippen LogP contribution in [0, 0.1) is 17.0 Å². The third-order valence-corrected chi connectivity index (χ3v) is 3.34. The Balaban J connectivity index is 2.07. The second-order valence-corrected chi connectivity index (χ2v) is 5.07. The first-order chi connectivity index (χ1) is 11.4. The zero-order chi connectivity index (χ0) is 17.3. The normalized spacial score (nSPS) is 10.7. The first-order valence-electron chi connectivity index (χ1n) is 6.91. The molecule has 0 bridgehead atoms. The third-order valence-electron chi connectivity index (χ3n) is 3.34. The van der Waals surface area contributed by atoms with Crippen LogP contribution in [-0.2, 0) is 6.54 Å². The van der Waals surface area contributed by atoms with E-state index < -0.39 is 16.0 Å². The molecule has 122 valence electrons. The molecular formula is C14H12N6O4. The summed E-state index contributed by atoms with van der Waals surface area (Å²) in [6.07, 6.45) is 1.58. The highest BCUT2D eigenvalue weighted by Crippen LogP contribution is 2.22. The lowest BCUT2D eigenvalue weighted by Crippen LogP contribution is -2.29. The highest BCUT2D eigenvalue weighted by atomic mass is 16.6. The molecule has 0 radical (unpaired) electrons. The van der Waals surface area contributed by atoms with Crippen LogP contribution >= 0.6 is 0 Å². The molecule has 0 atom stereocenters. The Morgan fingerprint density at radius 3 is 2.71 bits per heavy atom. The topological polar surface area (TPSA) is 147 Å². The van der Waals surface area contributed by atoms with Crippen molar-refractivity contribution in [2.45, 2.75) is 13.5 Å². The predicted molar refractivity (Wildman–Crippen MR) is 85.9 cm³/mol. The van der Waals surface area contributed by atoms with Gasteiger partial charge in [0, 0.05) is 36.1 Å². The number of nitro benzene ring substituents is 1. The van der Waals surface area contributed by atoms with E-state index >= 15 is 0 Å². The molecule has 2 aromatic heterocycles. The summed E-state index contributed by atoms with van der Waals surface area (Å²) in [7, 11) is 0. The Kier molecular flexibility index (Phi) is 3.78. The number of aromatic amines is 2. The fourth-order valence-electron chi connectivity index (χ4n) is 2.23. The molecule has 0 amide bonds. The maximum absolute atomic E-state index is 11.5.